The molecule has 0 spiro atoms. The number of nitrogens with zero attached hydrogens (tertiary/aromatic N) is 2. The highest BCUT2D eigenvalue weighted by Crippen LogP contribution is 2.18. The number of hydrogen-bond donors (Lipinski definition) is 0. The molecular weight excluding hydrogens is 160 g/mol. The molecule has 1 saturated carbocycles. The molecule has 0 radical (unpaired) electrons. The third-order valence-corrected chi connectivity index (χ3v) is 2.36. The Hall–Kier alpha value is -1.18. The molecule has 0 saturated heterocycles. The van der Waals surface area contributed by atoms with Crippen molar-refractivity contribution < 1.29 is 0 Å². The van der Waals surface area contributed by atoms with E-state index in [4.69, 9.17) is 0 Å². The lowest BCUT2D eigenvalue weighted by Crippen LogP contribution is -2.03. The zero-order valence-corrected chi connectivity index (χ0v) is 7.74. The minimum Gasteiger partial charge on any atom is -0.262 e. The van der Waals surface area contributed by atoms with Crippen LogP contribution in [0.4, 0.5) is 5.69 Å². The van der Waals surface area contributed by atoms with E-state index in [0.717, 1.165) is 5.69 Å². The van der Waals surface area contributed by atoms with Gasteiger partial charge in [-0.15, -0.1) is 0 Å². The summed E-state index contributed by atoms with van der Waals surface area (Å²) in [6, 6.07) is 3.94. The lowest BCUT2D eigenvalue weighted by atomic mass is 9.98. The monoisotopic (exact) mass is 174 g/mol. The number of aliphatic imine (C=N–C) groups is 1. The largest absolute Gasteiger partial charge is 0.262 e. The molecule has 1 aromatic rings. The predicted octanol–water partition coefficient (Wildman–Crippen LogP) is 3.12. The van der Waals surface area contributed by atoms with Gasteiger partial charge in [-0.25, -0.2) is 0 Å². The Morgan fingerprint density at radius 2 is 2.00 bits per heavy atom. The molecule has 0 bridgehead atoms. The Morgan fingerprint density at radius 3 is 2.69 bits per heavy atom. The highest BCUT2D eigenvalue weighted by molar-refractivity contribution is 5.87. The minimum atomic E-state index is 0.999. The number of pyridine rings is 1. The summed E-state index contributed by atoms with van der Waals surface area (Å²) in [5.41, 5.74) is 2.35. The van der Waals surface area contributed by atoms with Crippen molar-refractivity contribution in [1.29, 1.82) is 0 Å². The van der Waals surface area contributed by atoms with Crippen LogP contribution in [0.25, 0.3) is 0 Å². The van der Waals surface area contributed by atoms with Gasteiger partial charge in [0, 0.05) is 11.9 Å². The van der Waals surface area contributed by atoms with Crippen molar-refractivity contribution in [3.05, 3.63) is 24.5 Å². The molecule has 0 atom stereocenters. The fourth-order valence-electron chi connectivity index (χ4n) is 1.67. The topological polar surface area (TPSA) is 25.2 Å². The van der Waals surface area contributed by atoms with Gasteiger partial charge in [-0.05, 0) is 37.8 Å². The fraction of sp³-hybridized carbons (Fsp3) is 0.455. The van der Waals surface area contributed by atoms with Crippen molar-refractivity contribution in [2.45, 2.75) is 32.1 Å². The Kier molecular flexibility index (Phi) is 2.70. The van der Waals surface area contributed by atoms with E-state index in [9.17, 15) is 0 Å². The summed E-state index contributed by atoms with van der Waals surface area (Å²) in [5.74, 6) is 0. The molecule has 2 rings (SSSR count). The Balaban J connectivity index is 2.10. The van der Waals surface area contributed by atoms with E-state index in [2.05, 4.69) is 9.98 Å². The van der Waals surface area contributed by atoms with Crippen molar-refractivity contribution in [1.82, 2.24) is 4.98 Å². The number of hydrogen-bond acceptors (Lipinski definition) is 2. The lowest BCUT2D eigenvalue weighted by Gasteiger charge is -2.11. The molecule has 0 N–H and O–H groups in total. The molecule has 1 heterocycles. The second-order valence-corrected chi connectivity index (χ2v) is 3.45. The van der Waals surface area contributed by atoms with E-state index in [0.29, 0.717) is 0 Å². The van der Waals surface area contributed by atoms with Crippen LogP contribution in [0.3, 0.4) is 0 Å². The van der Waals surface area contributed by atoms with Gasteiger partial charge in [0.25, 0.3) is 0 Å². The van der Waals surface area contributed by atoms with Crippen LogP contribution in [0.5, 0.6) is 0 Å². The second kappa shape index (κ2) is 4.17. The molecule has 0 aromatic carbocycles. The van der Waals surface area contributed by atoms with Crippen molar-refractivity contribution in [3.8, 4) is 0 Å². The zero-order valence-electron chi connectivity index (χ0n) is 7.74. The van der Waals surface area contributed by atoms with Crippen LogP contribution in [-0.4, -0.2) is 10.7 Å². The van der Waals surface area contributed by atoms with Gasteiger partial charge in [0.1, 0.15) is 0 Å². The summed E-state index contributed by atoms with van der Waals surface area (Å²) < 4.78 is 0. The molecule has 1 aliphatic rings. The van der Waals surface area contributed by atoms with Gasteiger partial charge in [0.2, 0.25) is 0 Å². The van der Waals surface area contributed by atoms with Crippen LogP contribution in [0, 0.1) is 0 Å². The van der Waals surface area contributed by atoms with Crippen molar-refractivity contribution in [2.24, 2.45) is 4.99 Å². The predicted molar refractivity (Wildman–Crippen MR) is 54.4 cm³/mol. The van der Waals surface area contributed by atoms with E-state index in [1.165, 1.54) is 37.8 Å². The summed E-state index contributed by atoms with van der Waals surface area (Å²) in [4.78, 5) is 8.62. The molecule has 1 aliphatic carbocycles. The minimum absolute atomic E-state index is 0.999. The molecule has 2 heteroatoms. The summed E-state index contributed by atoms with van der Waals surface area (Å²) in [6.45, 7) is 0. The highest BCUT2D eigenvalue weighted by Gasteiger charge is 2.06. The summed E-state index contributed by atoms with van der Waals surface area (Å²) in [7, 11) is 0. The van der Waals surface area contributed by atoms with E-state index in [1.807, 2.05) is 18.3 Å². The molecule has 13 heavy (non-hydrogen) atoms. The first-order chi connectivity index (χ1) is 6.45. The Morgan fingerprint density at radius 1 is 1.15 bits per heavy atom. The molecule has 2 nitrogen and oxygen atoms in total. The Labute approximate surface area is 78.7 Å². The van der Waals surface area contributed by atoms with Gasteiger partial charge in [-0.3, -0.25) is 9.98 Å². The molecule has 1 fully saturated rings. The maximum atomic E-state index is 4.57. The quantitative estimate of drug-likeness (QED) is 0.642. The molecule has 0 amide bonds. The molecule has 0 aliphatic heterocycles. The molecule has 0 unspecified atom stereocenters. The first-order valence-electron chi connectivity index (χ1n) is 4.91. The van der Waals surface area contributed by atoms with Gasteiger partial charge < -0.3 is 0 Å². The van der Waals surface area contributed by atoms with Crippen molar-refractivity contribution in [3.63, 3.8) is 0 Å². The maximum Gasteiger partial charge on any atom is 0.0812 e. The van der Waals surface area contributed by atoms with Gasteiger partial charge >= 0.3 is 0 Å². The zero-order chi connectivity index (χ0) is 8.93. The van der Waals surface area contributed by atoms with Crippen molar-refractivity contribution in [2.75, 3.05) is 0 Å². The van der Waals surface area contributed by atoms with E-state index in [1.54, 1.807) is 6.20 Å². The average Bonchev–Trinajstić information content (AvgIpc) is 2.21. The fourth-order valence-corrected chi connectivity index (χ4v) is 1.67. The van der Waals surface area contributed by atoms with E-state index < -0.39 is 0 Å². The third-order valence-electron chi connectivity index (χ3n) is 2.36. The summed E-state index contributed by atoms with van der Waals surface area (Å²) >= 11 is 0. The molecule has 68 valence electrons. The normalized spacial score (nSPS) is 17.1. The van der Waals surface area contributed by atoms with Crippen LogP contribution in [0.2, 0.25) is 0 Å². The summed E-state index contributed by atoms with van der Waals surface area (Å²) in [5, 5.41) is 0. The summed E-state index contributed by atoms with van der Waals surface area (Å²) in [6.07, 6.45) is 9.93. The Bertz CT molecular complexity index is 282. The van der Waals surface area contributed by atoms with Crippen LogP contribution >= 0.6 is 0 Å². The van der Waals surface area contributed by atoms with Gasteiger partial charge in [0.15, 0.2) is 0 Å². The van der Waals surface area contributed by atoms with E-state index >= 15 is 0 Å². The lowest BCUT2D eigenvalue weighted by molar-refractivity contribution is 0.667. The standard InChI is InChI=1S/C11H14N2/c1-2-5-10(6-3-1)13-11-7-4-8-12-9-11/h4,7-9H,1-3,5-6H2. The van der Waals surface area contributed by atoms with Crippen molar-refractivity contribution >= 4 is 11.4 Å². The van der Waals surface area contributed by atoms with Gasteiger partial charge in [0.05, 0.1) is 11.9 Å². The van der Waals surface area contributed by atoms with Crippen LogP contribution in [0.15, 0.2) is 29.5 Å². The van der Waals surface area contributed by atoms with Crippen LogP contribution in [-0.2, 0) is 0 Å². The third kappa shape index (κ3) is 2.38. The van der Waals surface area contributed by atoms with Crippen LogP contribution < -0.4 is 0 Å². The van der Waals surface area contributed by atoms with E-state index in [-0.39, 0.29) is 0 Å². The second-order valence-electron chi connectivity index (χ2n) is 3.45. The smallest absolute Gasteiger partial charge is 0.0812 e. The van der Waals surface area contributed by atoms with Gasteiger partial charge in [-0.2, -0.15) is 0 Å². The number of rotatable bonds is 1. The van der Waals surface area contributed by atoms with Crippen LogP contribution in [0.1, 0.15) is 32.1 Å². The molecule has 1 aromatic heterocycles. The highest BCUT2D eigenvalue weighted by atomic mass is 14.8. The SMILES string of the molecule is c1cncc(N=C2CCCCC2)c1. The molecular formula is C11H14N2. The van der Waals surface area contributed by atoms with Gasteiger partial charge in [-0.1, -0.05) is 6.42 Å². The first kappa shape index (κ1) is 8.42. The maximum absolute atomic E-state index is 4.57. The number of aromatic nitrogens is 1. The first-order valence-corrected chi connectivity index (χ1v) is 4.91. The average molecular weight is 174 g/mol.